The monoisotopic (exact) mass is 409 g/mol. The molecule has 8 heteroatoms. The van der Waals surface area contributed by atoms with Gasteiger partial charge in [-0.05, 0) is 34.1 Å². The van der Waals surface area contributed by atoms with E-state index >= 15 is 0 Å². The van der Waals surface area contributed by atoms with Crippen LogP contribution in [-0.2, 0) is 9.59 Å². The van der Waals surface area contributed by atoms with Crippen LogP contribution in [0.25, 0.3) is 0 Å². The minimum atomic E-state index is -1.20. The highest BCUT2D eigenvalue weighted by atomic mass is 79.9. The number of aliphatic hydroxyl groups excluding tert-OH is 1. The average molecular weight is 411 g/mol. The first-order valence-corrected chi connectivity index (χ1v) is 7.23. The molecular weight excluding hydrogens is 398 g/mol. The van der Waals surface area contributed by atoms with Gasteiger partial charge < -0.3 is 20.3 Å². The summed E-state index contributed by atoms with van der Waals surface area (Å²) in [6.45, 7) is -0.633. The number of benzene rings is 1. The molecular formula is C12H13Br2NO5. The van der Waals surface area contributed by atoms with Crippen LogP contribution in [0, 0.1) is 0 Å². The summed E-state index contributed by atoms with van der Waals surface area (Å²) in [6.07, 6.45) is -0.0525. The van der Waals surface area contributed by atoms with E-state index in [-0.39, 0.29) is 19.6 Å². The summed E-state index contributed by atoms with van der Waals surface area (Å²) in [6, 6.07) is 4.07. The normalized spacial score (nSPS) is 11.8. The van der Waals surface area contributed by atoms with E-state index < -0.39 is 17.9 Å². The van der Waals surface area contributed by atoms with Gasteiger partial charge in [-0.3, -0.25) is 4.79 Å². The van der Waals surface area contributed by atoms with Crippen LogP contribution >= 0.6 is 31.9 Å². The molecule has 0 aromatic heterocycles. The van der Waals surface area contributed by atoms with Gasteiger partial charge in [0.1, 0.15) is 11.8 Å². The van der Waals surface area contributed by atoms with Crippen molar-refractivity contribution in [1.29, 1.82) is 0 Å². The molecule has 20 heavy (non-hydrogen) atoms. The Morgan fingerprint density at radius 1 is 1.35 bits per heavy atom. The van der Waals surface area contributed by atoms with E-state index in [2.05, 4.69) is 37.2 Å². The van der Waals surface area contributed by atoms with Crippen LogP contribution in [0.1, 0.15) is 6.42 Å². The molecule has 1 aromatic rings. The van der Waals surface area contributed by atoms with Crippen molar-refractivity contribution < 1.29 is 24.5 Å². The molecule has 0 aliphatic heterocycles. The lowest BCUT2D eigenvalue weighted by Gasteiger charge is -2.14. The Kier molecular flexibility index (Phi) is 6.97. The average Bonchev–Trinajstić information content (AvgIpc) is 2.37. The fourth-order valence-corrected chi connectivity index (χ4v) is 2.52. The molecule has 0 saturated heterocycles. The number of carboxylic acid groups (broad SMARTS) is 1. The standard InChI is InChI=1S/C12H13Br2NO5/c13-7-1-2-10(8(14)5-7)20-6-11(17)15-9(3-4-16)12(18)19/h1-2,5,9,16H,3-4,6H2,(H,15,17)(H,18,19)/t9-/m1/s1. The number of rotatable bonds is 7. The summed E-state index contributed by atoms with van der Waals surface area (Å²) in [5.74, 6) is -1.30. The lowest BCUT2D eigenvalue weighted by atomic mass is 10.2. The Labute approximate surface area is 132 Å². The molecule has 110 valence electrons. The van der Waals surface area contributed by atoms with E-state index in [0.29, 0.717) is 10.2 Å². The van der Waals surface area contributed by atoms with E-state index in [9.17, 15) is 9.59 Å². The van der Waals surface area contributed by atoms with Gasteiger partial charge in [0.05, 0.1) is 4.47 Å². The number of amides is 1. The molecule has 1 atom stereocenters. The Bertz CT molecular complexity index is 495. The molecule has 0 unspecified atom stereocenters. The zero-order chi connectivity index (χ0) is 15.1. The SMILES string of the molecule is O=C(COc1ccc(Br)cc1Br)N[C@H](CCO)C(=O)O. The molecule has 0 spiro atoms. The number of carboxylic acids is 1. The van der Waals surface area contributed by atoms with E-state index in [1.165, 1.54) is 0 Å². The quantitative estimate of drug-likeness (QED) is 0.633. The predicted molar refractivity (Wildman–Crippen MR) is 78.6 cm³/mol. The van der Waals surface area contributed by atoms with Gasteiger partial charge in [0, 0.05) is 17.5 Å². The lowest BCUT2D eigenvalue weighted by molar-refractivity contribution is -0.142. The summed E-state index contributed by atoms with van der Waals surface area (Å²) in [4.78, 5) is 22.4. The summed E-state index contributed by atoms with van der Waals surface area (Å²) < 4.78 is 6.80. The highest BCUT2D eigenvalue weighted by molar-refractivity contribution is 9.11. The minimum absolute atomic E-state index is 0.0525. The Morgan fingerprint density at radius 3 is 2.60 bits per heavy atom. The zero-order valence-corrected chi connectivity index (χ0v) is 13.5. The second kappa shape index (κ2) is 8.23. The van der Waals surface area contributed by atoms with Crippen molar-refractivity contribution in [3.63, 3.8) is 0 Å². The van der Waals surface area contributed by atoms with Gasteiger partial charge in [-0.25, -0.2) is 4.79 Å². The number of ether oxygens (including phenoxy) is 1. The molecule has 6 nitrogen and oxygen atoms in total. The maximum Gasteiger partial charge on any atom is 0.326 e. The molecule has 0 fully saturated rings. The predicted octanol–water partition coefficient (Wildman–Crippen LogP) is 1.54. The smallest absolute Gasteiger partial charge is 0.326 e. The first-order valence-electron chi connectivity index (χ1n) is 5.65. The van der Waals surface area contributed by atoms with Gasteiger partial charge in [-0.15, -0.1) is 0 Å². The van der Waals surface area contributed by atoms with Gasteiger partial charge in [0.25, 0.3) is 5.91 Å². The summed E-state index contributed by atoms with van der Waals surface area (Å²) in [7, 11) is 0. The van der Waals surface area contributed by atoms with E-state index in [0.717, 1.165) is 4.47 Å². The lowest BCUT2D eigenvalue weighted by Crippen LogP contribution is -2.43. The summed E-state index contributed by atoms with van der Waals surface area (Å²) >= 11 is 6.57. The van der Waals surface area contributed by atoms with Gasteiger partial charge >= 0.3 is 5.97 Å². The highest BCUT2D eigenvalue weighted by Gasteiger charge is 2.19. The molecule has 0 radical (unpaired) electrons. The maximum absolute atomic E-state index is 11.6. The number of carbonyl (C=O) groups excluding carboxylic acids is 1. The number of halogens is 2. The molecule has 0 aliphatic rings. The molecule has 1 amide bonds. The molecule has 0 bridgehead atoms. The van der Waals surface area contributed by atoms with E-state index in [1.54, 1.807) is 18.2 Å². The van der Waals surface area contributed by atoms with Crippen molar-refractivity contribution in [3.05, 3.63) is 27.1 Å². The molecule has 1 aromatic carbocycles. The zero-order valence-electron chi connectivity index (χ0n) is 10.3. The Balaban J connectivity index is 2.52. The van der Waals surface area contributed by atoms with Crippen LogP contribution in [0.2, 0.25) is 0 Å². The number of hydrogen-bond donors (Lipinski definition) is 3. The molecule has 1 rings (SSSR count). The minimum Gasteiger partial charge on any atom is -0.483 e. The highest BCUT2D eigenvalue weighted by Crippen LogP contribution is 2.28. The number of hydrogen-bond acceptors (Lipinski definition) is 4. The molecule has 0 aliphatic carbocycles. The third-order valence-electron chi connectivity index (χ3n) is 2.30. The molecule has 0 saturated carbocycles. The van der Waals surface area contributed by atoms with Crippen molar-refractivity contribution in [2.45, 2.75) is 12.5 Å². The van der Waals surface area contributed by atoms with Crippen LogP contribution in [0.4, 0.5) is 0 Å². The van der Waals surface area contributed by atoms with E-state index in [4.69, 9.17) is 14.9 Å². The van der Waals surface area contributed by atoms with Gasteiger partial charge in [-0.1, -0.05) is 15.9 Å². The fourth-order valence-electron chi connectivity index (χ4n) is 1.36. The second-order valence-electron chi connectivity index (χ2n) is 3.83. The topological polar surface area (TPSA) is 95.9 Å². The van der Waals surface area contributed by atoms with Gasteiger partial charge in [0.2, 0.25) is 0 Å². The molecule has 3 N–H and O–H groups in total. The van der Waals surface area contributed by atoms with Crippen LogP contribution < -0.4 is 10.1 Å². The van der Waals surface area contributed by atoms with Crippen molar-refractivity contribution in [1.82, 2.24) is 5.32 Å². The second-order valence-corrected chi connectivity index (χ2v) is 5.60. The number of aliphatic hydroxyl groups is 1. The first kappa shape index (κ1) is 16.9. The number of aliphatic carboxylic acids is 1. The van der Waals surface area contributed by atoms with Crippen LogP contribution in [0.3, 0.4) is 0 Å². The van der Waals surface area contributed by atoms with Crippen molar-refractivity contribution in [2.75, 3.05) is 13.2 Å². The summed E-state index contributed by atoms with van der Waals surface area (Å²) in [5, 5.41) is 19.8. The van der Waals surface area contributed by atoms with Crippen LogP contribution in [0.15, 0.2) is 27.1 Å². The molecule has 0 heterocycles. The van der Waals surface area contributed by atoms with Crippen LogP contribution in [0.5, 0.6) is 5.75 Å². The number of carbonyl (C=O) groups is 2. The van der Waals surface area contributed by atoms with Crippen molar-refractivity contribution >= 4 is 43.7 Å². The first-order chi connectivity index (χ1) is 9.43. The summed E-state index contributed by atoms with van der Waals surface area (Å²) in [5.41, 5.74) is 0. The largest absolute Gasteiger partial charge is 0.483 e. The number of nitrogens with one attached hydrogen (secondary N) is 1. The third-order valence-corrected chi connectivity index (χ3v) is 3.42. The van der Waals surface area contributed by atoms with Crippen molar-refractivity contribution in [2.24, 2.45) is 0 Å². The van der Waals surface area contributed by atoms with Crippen molar-refractivity contribution in [3.8, 4) is 5.75 Å². The van der Waals surface area contributed by atoms with E-state index in [1.807, 2.05) is 0 Å². The fraction of sp³-hybridized carbons (Fsp3) is 0.333. The Hall–Kier alpha value is -1.12. The van der Waals surface area contributed by atoms with Crippen LogP contribution in [-0.4, -0.2) is 41.3 Å². The Morgan fingerprint density at radius 2 is 2.05 bits per heavy atom. The maximum atomic E-state index is 11.6. The van der Waals surface area contributed by atoms with Gasteiger partial charge in [-0.2, -0.15) is 0 Å². The third kappa shape index (κ3) is 5.48. The van der Waals surface area contributed by atoms with Gasteiger partial charge in [0.15, 0.2) is 6.61 Å².